The van der Waals surface area contributed by atoms with E-state index in [-0.39, 0.29) is 0 Å². The summed E-state index contributed by atoms with van der Waals surface area (Å²) in [7, 11) is 1.66. The molecule has 0 aliphatic rings. The van der Waals surface area contributed by atoms with Gasteiger partial charge in [0.05, 0.1) is 7.11 Å². The predicted octanol–water partition coefficient (Wildman–Crippen LogP) is 5.27. The molecule has 1 heterocycles. The Bertz CT molecular complexity index is 839. The molecule has 3 rings (SSSR count). The molecule has 4 nitrogen and oxygen atoms in total. The fraction of sp³-hybridized carbons (Fsp3) is 0.238. The van der Waals surface area contributed by atoms with Crippen molar-refractivity contribution < 1.29 is 14.2 Å². The van der Waals surface area contributed by atoms with Crippen LogP contribution in [0.25, 0.3) is 0 Å². The molecule has 0 saturated carbocycles. The highest BCUT2D eigenvalue weighted by Crippen LogP contribution is 2.28. The van der Waals surface area contributed by atoms with Crippen LogP contribution in [0.2, 0.25) is 0 Å². The number of halogens is 1. The normalized spacial score (nSPS) is 10.6. The Balaban J connectivity index is 1.46. The van der Waals surface area contributed by atoms with Gasteiger partial charge in [-0.05, 0) is 47.3 Å². The minimum atomic E-state index is 0.443. The second-order valence-corrected chi connectivity index (χ2v) is 7.77. The molecule has 0 amide bonds. The highest BCUT2D eigenvalue weighted by atomic mass is 79.9. The largest absolute Gasteiger partial charge is 0.493 e. The van der Waals surface area contributed by atoms with Crippen LogP contribution in [0.15, 0.2) is 64.5 Å². The number of hydrogen-bond acceptors (Lipinski definition) is 5. The highest BCUT2D eigenvalue weighted by Gasteiger charge is 2.06. The molecule has 1 N–H and O–H groups in total. The van der Waals surface area contributed by atoms with Crippen molar-refractivity contribution in [3.63, 3.8) is 0 Å². The Hall–Kier alpha value is -2.02. The number of rotatable bonds is 10. The second kappa shape index (κ2) is 10.3. The Labute approximate surface area is 172 Å². The van der Waals surface area contributed by atoms with E-state index < -0.39 is 0 Å². The zero-order valence-electron chi connectivity index (χ0n) is 15.1. The molecule has 0 radical (unpaired) electrons. The van der Waals surface area contributed by atoms with E-state index in [9.17, 15) is 0 Å². The molecular formula is C21H22BrNO3S. The number of benzene rings is 2. The summed E-state index contributed by atoms with van der Waals surface area (Å²) in [6.45, 7) is 2.55. The van der Waals surface area contributed by atoms with Gasteiger partial charge >= 0.3 is 0 Å². The van der Waals surface area contributed by atoms with E-state index in [1.54, 1.807) is 18.4 Å². The first-order valence-corrected chi connectivity index (χ1v) is 10.3. The Kier molecular flexibility index (Phi) is 7.56. The molecule has 0 aliphatic carbocycles. The average Bonchev–Trinajstić information content (AvgIpc) is 3.19. The van der Waals surface area contributed by atoms with Gasteiger partial charge in [-0.25, -0.2) is 0 Å². The summed E-state index contributed by atoms with van der Waals surface area (Å²) in [6.07, 6.45) is 0. The average molecular weight is 448 g/mol. The Morgan fingerprint density at radius 1 is 0.926 bits per heavy atom. The number of thiophene rings is 1. The summed E-state index contributed by atoms with van der Waals surface area (Å²) in [4.78, 5) is 1.33. The molecule has 0 aliphatic heterocycles. The molecule has 0 fully saturated rings. The smallest absolute Gasteiger partial charge is 0.161 e. The quantitative estimate of drug-likeness (QED) is 0.429. The van der Waals surface area contributed by atoms with E-state index in [4.69, 9.17) is 14.2 Å². The molecular weight excluding hydrogens is 426 g/mol. The molecule has 27 heavy (non-hydrogen) atoms. The van der Waals surface area contributed by atoms with Crippen molar-refractivity contribution in [2.45, 2.75) is 13.1 Å². The standard InChI is InChI=1S/C21H22BrNO3S/c1-24-21-12-16(14-23-15-19-6-3-11-27-19)7-8-20(21)26-10-9-25-18-5-2-4-17(22)13-18/h2-8,11-13,23H,9-10,14-15H2,1H3. The number of nitrogens with one attached hydrogen (secondary N) is 1. The molecule has 1 aromatic heterocycles. The second-order valence-electron chi connectivity index (χ2n) is 5.82. The minimum absolute atomic E-state index is 0.443. The van der Waals surface area contributed by atoms with Crippen LogP contribution in [0.1, 0.15) is 10.4 Å². The highest BCUT2D eigenvalue weighted by molar-refractivity contribution is 9.10. The zero-order chi connectivity index (χ0) is 18.9. The van der Waals surface area contributed by atoms with Crippen LogP contribution < -0.4 is 19.5 Å². The van der Waals surface area contributed by atoms with E-state index in [0.29, 0.717) is 13.2 Å². The fourth-order valence-corrected chi connectivity index (χ4v) is 3.61. The molecule has 0 atom stereocenters. The van der Waals surface area contributed by atoms with Crippen LogP contribution in [-0.4, -0.2) is 20.3 Å². The maximum absolute atomic E-state index is 5.82. The number of methoxy groups -OCH3 is 1. The number of ether oxygens (including phenoxy) is 3. The van der Waals surface area contributed by atoms with E-state index in [0.717, 1.165) is 40.4 Å². The van der Waals surface area contributed by atoms with Crippen LogP contribution in [0.4, 0.5) is 0 Å². The molecule has 0 spiro atoms. The minimum Gasteiger partial charge on any atom is -0.493 e. The molecule has 0 unspecified atom stereocenters. The van der Waals surface area contributed by atoms with Crippen LogP contribution in [0.3, 0.4) is 0 Å². The van der Waals surface area contributed by atoms with Gasteiger partial charge in [0, 0.05) is 22.4 Å². The lowest BCUT2D eigenvalue weighted by molar-refractivity contribution is 0.211. The van der Waals surface area contributed by atoms with Crippen molar-refractivity contribution in [1.29, 1.82) is 0 Å². The maximum atomic E-state index is 5.82. The lowest BCUT2D eigenvalue weighted by atomic mass is 10.2. The first-order chi connectivity index (χ1) is 13.2. The van der Waals surface area contributed by atoms with Crippen molar-refractivity contribution >= 4 is 27.3 Å². The Morgan fingerprint density at radius 2 is 1.81 bits per heavy atom. The van der Waals surface area contributed by atoms with Crippen LogP contribution >= 0.6 is 27.3 Å². The zero-order valence-corrected chi connectivity index (χ0v) is 17.5. The molecule has 0 bridgehead atoms. The summed E-state index contributed by atoms with van der Waals surface area (Å²) in [5, 5.41) is 5.53. The third-order valence-corrected chi connectivity index (χ3v) is 5.21. The maximum Gasteiger partial charge on any atom is 0.161 e. The van der Waals surface area contributed by atoms with Gasteiger partial charge in [-0.2, -0.15) is 0 Å². The molecule has 2 aromatic carbocycles. The first kappa shape index (κ1) is 19.7. The third kappa shape index (κ3) is 6.27. The summed E-state index contributed by atoms with van der Waals surface area (Å²) in [6, 6.07) is 17.9. The predicted molar refractivity (Wildman–Crippen MR) is 113 cm³/mol. The van der Waals surface area contributed by atoms with Crippen LogP contribution in [-0.2, 0) is 13.1 Å². The summed E-state index contributed by atoms with van der Waals surface area (Å²) in [5.74, 6) is 2.26. The lowest BCUT2D eigenvalue weighted by Crippen LogP contribution is -2.12. The van der Waals surface area contributed by atoms with Crippen molar-refractivity contribution in [1.82, 2.24) is 5.32 Å². The molecule has 142 valence electrons. The van der Waals surface area contributed by atoms with Crippen molar-refractivity contribution in [2.75, 3.05) is 20.3 Å². The summed E-state index contributed by atoms with van der Waals surface area (Å²) in [5.41, 5.74) is 1.15. The van der Waals surface area contributed by atoms with E-state index in [1.165, 1.54) is 4.88 Å². The summed E-state index contributed by atoms with van der Waals surface area (Å²) < 4.78 is 18.0. The van der Waals surface area contributed by atoms with Gasteiger partial charge in [-0.1, -0.05) is 34.1 Å². The van der Waals surface area contributed by atoms with Crippen LogP contribution in [0.5, 0.6) is 17.2 Å². The van der Waals surface area contributed by atoms with E-state index in [1.807, 2.05) is 36.4 Å². The fourth-order valence-electron chi connectivity index (χ4n) is 2.55. The topological polar surface area (TPSA) is 39.7 Å². The van der Waals surface area contributed by atoms with Crippen LogP contribution in [0, 0.1) is 0 Å². The van der Waals surface area contributed by atoms with Crippen molar-refractivity contribution in [3.8, 4) is 17.2 Å². The van der Waals surface area contributed by atoms with Gasteiger partial charge in [0.2, 0.25) is 0 Å². The van der Waals surface area contributed by atoms with Gasteiger partial charge in [0.15, 0.2) is 11.5 Å². The lowest BCUT2D eigenvalue weighted by Gasteiger charge is -2.13. The first-order valence-electron chi connectivity index (χ1n) is 8.66. The van der Waals surface area contributed by atoms with Gasteiger partial charge < -0.3 is 19.5 Å². The summed E-state index contributed by atoms with van der Waals surface area (Å²) >= 11 is 5.19. The van der Waals surface area contributed by atoms with E-state index in [2.05, 4.69) is 44.8 Å². The molecule has 6 heteroatoms. The molecule has 3 aromatic rings. The van der Waals surface area contributed by atoms with Gasteiger partial charge in [0.1, 0.15) is 19.0 Å². The monoisotopic (exact) mass is 447 g/mol. The third-order valence-electron chi connectivity index (χ3n) is 3.84. The van der Waals surface area contributed by atoms with Gasteiger partial charge in [-0.3, -0.25) is 0 Å². The van der Waals surface area contributed by atoms with E-state index >= 15 is 0 Å². The van der Waals surface area contributed by atoms with Gasteiger partial charge in [0.25, 0.3) is 0 Å². The molecule has 0 saturated heterocycles. The van der Waals surface area contributed by atoms with Crippen molar-refractivity contribution in [3.05, 3.63) is 74.9 Å². The van der Waals surface area contributed by atoms with Crippen molar-refractivity contribution in [2.24, 2.45) is 0 Å². The van der Waals surface area contributed by atoms with Gasteiger partial charge in [-0.15, -0.1) is 11.3 Å². The number of hydrogen-bond donors (Lipinski definition) is 1. The Morgan fingerprint density at radius 3 is 2.59 bits per heavy atom. The SMILES string of the molecule is COc1cc(CNCc2cccs2)ccc1OCCOc1cccc(Br)c1.